The molecule has 0 amide bonds. The van der Waals surface area contributed by atoms with Crippen LogP contribution in [0.2, 0.25) is 0 Å². The minimum atomic E-state index is -0.870. The van der Waals surface area contributed by atoms with E-state index in [9.17, 15) is 14.7 Å². The zero-order valence-corrected chi connectivity index (χ0v) is 17.8. The van der Waals surface area contributed by atoms with Gasteiger partial charge in [-0.3, -0.25) is 9.59 Å². The first-order chi connectivity index (χ1) is 12.9. The molecule has 0 saturated heterocycles. The number of aliphatic hydroxyl groups excluding tert-OH is 1. The fourth-order valence-corrected chi connectivity index (χ4v) is 2.84. The van der Waals surface area contributed by atoms with Crippen LogP contribution in [0.3, 0.4) is 0 Å². The summed E-state index contributed by atoms with van der Waals surface area (Å²) in [6.45, 7) is 4.49. The lowest BCUT2D eigenvalue weighted by molar-refractivity contribution is -0.139. The minimum Gasteiger partial charge on any atom is -0.481 e. The molecule has 0 fully saturated rings. The van der Waals surface area contributed by atoms with E-state index in [1.165, 1.54) is 70.6 Å². The molecule has 0 rings (SSSR count). The highest BCUT2D eigenvalue weighted by molar-refractivity contribution is 5.67. The molecule has 0 radical (unpaired) electrons. The van der Waals surface area contributed by atoms with Gasteiger partial charge in [-0.1, -0.05) is 84.5 Å². The molecule has 0 heterocycles. The van der Waals surface area contributed by atoms with Crippen molar-refractivity contribution in [1.29, 1.82) is 0 Å². The normalized spacial score (nSPS) is 11.5. The lowest BCUT2D eigenvalue weighted by Crippen LogP contribution is -2.05. The summed E-state index contributed by atoms with van der Waals surface area (Å²) in [6, 6.07) is 0. The largest absolute Gasteiger partial charge is 0.481 e. The second kappa shape index (κ2) is 22.9. The van der Waals surface area contributed by atoms with E-state index in [0.29, 0.717) is 12.8 Å². The SMILES string of the molecule is CCCCCCCCCC(O)CCCCCC.O=C(O)CCCCC(=O)O. The van der Waals surface area contributed by atoms with Gasteiger partial charge in [-0.05, 0) is 25.7 Å². The minimum absolute atomic E-state index is 0.0255. The molecular formula is C22H44O5. The number of hydrogen-bond acceptors (Lipinski definition) is 3. The molecule has 0 aliphatic heterocycles. The maximum absolute atomic E-state index is 9.90. The van der Waals surface area contributed by atoms with Crippen LogP contribution in [0.25, 0.3) is 0 Å². The Labute approximate surface area is 166 Å². The van der Waals surface area contributed by atoms with Crippen LogP contribution in [0.4, 0.5) is 0 Å². The zero-order chi connectivity index (χ0) is 20.8. The number of carboxylic acids is 2. The number of aliphatic carboxylic acids is 2. The number of rotatable bonds is 18. The first-order valence-electron chi connectivity index (χ1n) is 11.1. The molecule has 0 spiro atoms. The van der Waals surface area contributed by atoms with Gasteiger partial charge in [-0.15, -0.1) is 0 Å². The third-order valence-corrected chi connectivity index (χ3v) is 4.56. The number of hydrogen-bond donors (Lipinski definition) is 3. The summed E-state index contributed by atoms with van der Waals surface area (Å²) in [5.41, 5.74) is 0. The molecule has 1 atom stereocenters. The molecule has 0 bridgehead atoms. The van der Waals surface area contributed by atoms with E-state index in [1.54, 1.807) is 0 Å². The predicted molar refractivity (Wildman–Crippen MR) is 111 cm³/mol. The van der Waals surface area contributed by atoms with Crippen LogP contribution < -0.4 is 0 Å². The molecule has 5 heteroatoms. The van der Waals surface area contributed by atoms with Crippen molar-refractivity contribution in [2.24, 2.45) is 0 Å². The van der Waals surface area contributed by atoms with Gasteiger partial charge in [0.25, 0.3) is 0 Å². The van der Waals surface area contributed by atoms with Crippen molar-refractivity contribution < 1.29 is 24.9 Å². The van der Waals surface area contributed by atoms with Crippen LogP contribution in [0.15, 0.2) is 0 Å². The Bertz CT molecular complexity index is 315. The van der Waals surface area contributed by atoms with Crippen molar-refractivity contribution in [3.63, 3.8) is 0 Å². The van der Waals surface area contributed by atoms with Gasteiger partial charge in [0.2, 0.25) is 0 Å². The Hall–Kier alpha value is -1.10. The highest BCUT2D eigenvalue weighted by Crippen LogP contribution is 2.13. The molecule has 27 heavy (non-hydrogen) atoms. The van der Waals surface area contributed by atoms with Crippen LogP contribution in [0.5, 0.6) is 0 Å². The average Bonchev–Trinajstić information content (AvgIpc) is 2.62. The van der Waals surface area contributed by atoms with Crippen molar-refractivity contribution in [3.8, 4) is 0 Å². The Morgan fingerprint density at radius 1 is 0.593 bits per heavy atom. The summed E-state index contributed by atoms with van der Waals surface area (Å²) in [7, 11) is 0. The Morgan fingerprint density at radius 3 is 1.30 bits per heavy atom. The van der Waals surface area contributed by atoms with Gasteiger partial charge >= 0.3 is 11.9 Å². The average molecular weight is 389 g/mol. The van der Waals surface area contributed by atoms with Gasteiger partial charge in [0.15, 0.2) is 0 Å². The summed E-state index contributed by atoms with van der Waals surface area (Å²) >= 11 is 0. The number of unbranched alkanes of at least 4 members (excludes halogenated alkanes) is 10. The van der Waals surface area contributed by atoms with Crippen LogP contribution in [-0.2, 0) is 9.59 Å². The predicted octanol–water partition coefficient (Wildman–Crippen LogP) is 6.17. The van der Waals surface area contributed by atoms with Crippen molar-refractivity contribution in [1.82, 2.24) is 0 Å². The molecule has 0 aliphatic rings. The van der Waals surface area contributed by atoms with Gasteiger partial charge in [-0.2, -0.15) is 0 Å². The maximum atomic E-state index is 9.90. The van der Waals surface area contributed by atoms with E-state index >= 15 is 0 Å². The Morgan fingerprint density at radius 2 is 0.926 bits per heavy atom. The highest BCUT2D eigenvalue weighted by Gasteiger charge is 2.03. The van der Waals surface area contributed by atoms with Gasteiger partial charge in [0.1, 0.15) is 0 Å². The van der Waals surface area contributed by atoms with Crippen LogP contribution in [-0.4, -0.2) is 33.4 Å². The van der Waals surface area contributed by atoms with E-state index in [-0.39, 0.29) is 18.9 Å². The molecule has 0 saturated carbocycles. The van der Waals surface area contributed by atoms with Gasteiger partial charge in [0.05, 0.1) is 6.10 Å². The molecular weight excluding hydrogens is 344 g/mol. The van der Waals surface area contributed by atoms with Crippen LogP contribution >= 0.6 is 0 Å². The number of carbonyl (C=O) groups is 2. The molecule has 0 aromatic rings. The smallest absolute Gasteiger partial charge is 0.303 e. The summed E-state index contributed by atoms with van der Waals surface area (Å²) in [5, 5.41) is 26.1. The molecule has 0 aliphatic carbocycles. The number of aliphatic hydroxyl groups is 1. The quantitative estimate of drug-likeness (QED) is 0.244. The molecule has 0 aromatic heterocycles. The first kappa shape index (κ1) is 28.1. The monoisotopic (exact) mass is 388 g/mol. The van der Waals surface area contributed by atoms with Crippen molar-refractivity contribution >= 4 is 11.9 Å². The third kappa shape index (κ3) is 29.9. The molecule has 5 nitrogen and oxygen atoms in total. The molecule has 1 unspecified atom stereocenters. The summed E-state index contributed by atoms with van der Waals surface area (Å²) in [5.74, 6) is -1.74. The molecule has 3 N–H and O–H groups in total. The van der Waals surface area contributed by atoms with Crippen molar-refractivity contribution in [3.05, 3.63) is 0 Å². The second-order valence-corrected chi connectivity index (χ2v) is 7.41. The highest BCUT2D eigenvalue weighted by atomic mass is 16.4. The van der Waals surface area contributed by atoms with E-state index in [2.05, 4.69) is 13.8 Å². The van der Waals surface area contributed by atoms with E-state index in [4.69, 9.17) is 10.2 Å². The van der Waals surface area contributed by atoms with Crippen LogP contribution in [0, 0.1) is 0 Å². The van der Waals surface area contributed by atoms with Crippen molar-refractivity contribution in [2.75, 3.05) is 0 Å². The van der Waals surface area contributed by atoms with E-state index in [0.717, 1.165) is 12.8 Å². The summed E-state index contributed by atoms with van der Waals surface area (Å²) in [4.78, 5) is 19.8. The fourth-order valence-electron chi connectivity index (χ4n) is 2.84. The van der Waals surface area contributed by atoms with Gasteiger partial charge in [0, 0.05) is 12.8 Å². The standard InChI is InChI=1S/C16H34O.C6H10O4/c1-3-5-7-9-10-11-13-15-16(17)14-12-8-6-4-2;7-5(8)3-1-2-4-6(9)10/h16-17H,3-15H2,1-2H3;1-4H2,(H,7,8)(H,9,10). The van der Waals surface area contributed by atoms with Gasteiger partial charge < -0.3 is 15.3 Å². The van der Waals surface area contributed by atoms with Crippen LogP contribution in [0.1, 0.15) is 123 Å². The van der Waals surface area contributed by atoms with Crippen molar-refractivity contribution in [2.45, 2.75) is 129 Å². The summed E-state index contributed by atoms with van der Waals surface area (Å²) < 4.78 is 0. The second-order valence-electron chi connectivity index (χ2n) is 7.41. The van der Waals surface area contributed by atoms with Gasteiger partial charge in [-0.25, -0.2) is 0 Å². The van der Waals surface area contributed by atoms with E-state index < -0.39 is 11.9 Å². The maximum Gasteiger partial charge on any atom is 0.303 e. The molecule has 162 valence electrons. The topological polar surface area (TPSA) is 94.8 Å². The first-order valence-corrected chi connectivity index (χ1v) is 11.1. The third-order valence-electron chi connectivity index (χ3n) is 4.56. The zero-order valence-electron chi connectivity index (χ0n) is 17.8. The Kier molecular flexibility index (Phi) is 23.9. The lowest BCUT2D eigenvalue weighted by Gasteiger charge is -2.09. The number of carboxylic acid groups (broad SMARTS) is 2. The fraction of sp³-hybridized carbons (Fsp3) is 0.909. The lowest BCUT2D eigenvalue weighted by atomic mass is 10.0. The Balaban J connectivity index is 0. The van der Waals surface area contributed by atoms with E-state index in [1.807, 2.05) is 0 Å². The molecule has 0 aromatic carbocycles. The summed E-state index contributed by atoms with van der Waals surface area (Å²) in [6.07, 6.45) is 17.6.